The average molecular weight is 467 g/mol. The molecule has 3 rings (SSSR count). The minimum Gasteiger partial charge on any atom is -0.500 e. The number of hydrogen-bond donors (Lipinski definition) is 3. The average Bonchev–Trinajstić information content (AvgIpc) is 2.77. The van der Waals surface area contributed by atoms with Gasteiger partial charge >= 0.3 is 0 Å². The molecule has 3 N–H and O–H groups in total. The lowest BCUT2D eigenvalue weighted by molar-refractivity contribution is 0.0977. The maximum atomic E-state index is 14.6. The van der Waals surface area contributed by atoms with Crippen molar-refractivity contribution in [3.05, 3.63) is 53.9 Å². The van der Waals surface area contributed by atoms with Gasteiger partial charge in [0.2, 0.25) is 5.95 Å². The number of halogens is 1. The zero-order chi connectivity index (χ0) is 25.0. The fraction of sp³-hybridized carbons (Fsp3) is 0.304. The quantitative estimate of drug-likeness (QED) is 0.285. The van der Waals surface area contributed by atoms with Crippen molar-refractivity contribution in [2.45, 2.75) is 20.8 Å². The molecule has 0 spiro atoms. The van der Waals surface area contributed by atoms with Gasteiger partial charge in [0.1, 0.15) is 34.8 Å². The molecular weight excluding hydrogens is 439 g/mol. The first kappa shape index (κ1) is 24.5. The van der Waals surface area contributed by atoms with Gasteiger partial charge in [0.05, 0.1) is 19.0 Å². The first-order chi connectivity index (χ1) is 16.0. The van der Waals surface area contributed by atoms with Crippen LogP contribution in [0.4, 0.5) is 21.8 Å². The summed E-state index contributed by atoms with van der Waals surface area (Å²) in [4.78, 5) is 31.4. The highest BCUT2D eigenvalue weighted by atomic mass is 19.1. The van der Waals surface area contributed by atoms with E-state index >= 15 is 0 Å². The fourth-order valence-electron chi connectivity index (χ4n) is 2.98. The van der Waals surface area contributed by atoms with Gasteiger partial charge in [-0.25, -0.2) is 24.3 Å². The Morgan fingerprint density at radius 3 is 2.59 bits per heavy atom. The van der Waals surface area contributed by atoms with Gasteiger partial charge in [-0.05, 0) is 18.2 Å². The van der Waals surface area contributed by atoms with Crippen molar-refractivity contribution in [2.75, 3.05) is 31.4 Å². The van der Waals surface area contributed by atoms with Gasteiger partial charge in [0, 0.05) is 31.1 Å². The third-order valence-corrected chi connectivity index (χ3v) is 4.73. The molecule has 0 fully saturated rings. The van der Waals surface area contributed by atoms with Crippen molar-refractivity contribution >= 4 is 40.2 Å². The Bertz CT molecular complexity index is 1270. The molecule has 0 aliphatic heterocycles. The van der Waals surface area contributed by atoms with Crippen LogP contribution in [0.15, 0.2) is 42.6 Å². The van der Waals surface area contributed by atoms with Crippen LogP contribution in [-0.2, 0) is 4.74 Å². The Morgan fingerprint density at radius 2 is 1.94 bits per heavy atom. The van der Waals surface area contributed by atoms with Crippen molar-refractivity contribution in [3.8, 4) is 0 Å². The molecule has 10 nitrogen and oxygen atoms in total. The lowest BCUT2D eigenvalue weighted by atomic mass is 9.93. The number of amidine groups is 1. The van der Waals surface area contributed by atoms with Crippen molar-refractivity contribution in [1.82, 2.24) is 25.3 Å². The highest BCUT2D eigenvalue weighted by Crippen LogP contribution is 2.26. The number of nitrogens with zero attached hydrogens (tertiary/aromatic N) is 5. The number of ether oxygens (including phenoxy) is 1. The molecule has 0 radical (unpaired) electrons. The summed E-state index contributed by atoms with van der Waals surface area (Å²) in [6, 6.07) is 3.83. The Hall–Kier alpha value is -4.15. The van der Waals surface area contributed by atoms with Crippen molar-refractivity contribution in [2.24, 2.45) is 5.41 Å². The summed E-state index contributed by atoms with van der Waals surface area (Å²) in [6.07, 6.45) is 4.31. The molecule has 0 atom stereocenters. The summed E-state index contributed by atoms with van der Waals surface area (Å²) < 4.78 is 19.9. The second-order valence-electron chi connectivity index (χ2n) is 8.67. The highest BCUT2D eigenvalue weighted by molar-refractivity contribution is 6.09. The van der Waals surface area contributed by atoms with Gasteiger partial charge in [-0.1, -0.05) is 20.8 Å². The van der Waals surface area contributed by atoms with Gasteiger partial charge in [-0.2, -0.15) is 0 Å². The summed E-state index contributed by atoms with van der Waals surface area (Å²) >= 11 is 0. The minimum atomic E-state index is -0.588. The molecule has 0 unspecified atom stereocenters. The molecule has 1 aromatic carbocycles. The molecule has 0 bridgehead atoms. The van der Waals surface area contributed by atoms with E-state index in [0.29, 0.717) is 22.7 Å². The number of aromatic nitrogens is 4. The predicted octanol–water partition coefficient (Wildman–Crippen LogP) is 3.65. The predicted molar refractivity (Wildman–Crippen MR) is 129 cm³/mol. The van der Waals surface area contributed by atoms with Crippen LogP contribution in [0, 0.1) is 16.6 Å². The molecule has 2 aromatic heterocycles. The van der Waals surface area contributed by atoms with E-state index in [4.69, 9.17) is 10.1 Å². The van der Waals surface area contributed by atoms with E-state index in [2.05, 4.69) is 30.6 Å². The summed E-state index contributed by atoms with van der Waals surface area (Å²) in [5.41, 5.74) is 0.711. The van der Waals surface area contributed by atoms with Crippen LogP contribution in [-0.4, -0.2) is 52.9 Å². The van der Waals surface area contributed by atoms with E-state index < -0.39 is 11.7 Å². The van der Waals surface area contributed by atoms with E-state index in [1.165, 1.54) is 31.6 Å². The van der Waals surface area contributed by atoms with E-state index in [1.54, 1.807) is 25.2 Å². The molecule has 2 heterocycles. The Labute approximate surface area is 196 Å². The number of rotatable bonds is 6. The van der Waals surface area contributed by atoms with Crippen LogP contribution < -0.4 is 15.5 Å². The minimum absolute atomic E-state index is 0.0204. The number of benzene rings is 1. The molecule has 0 saturated heterocycles. The molecule has 0 saturated carbocycles. The number of nitrogens with one attached hydrogen (secondary N) is 3. The Morgan fingerprint density at radius 1 is 1.21 bits per heavy atom. The molecule has 178 valence electrons. The van der Waals surface area contributed by atoms with E-state index in [1.807, 2.05) is 20.8 Å². The lowest BCUT2D eigenvalue weighted by Gasteiger charge is -2.21. The van der Waals surface area contributed by atoms with E-state index in [0.717, 1.165) is 6.07 Å². The Balaban J connectivity index is 1.87. The van der Waals surface area contributed by atoms with Gasteiger partial charge in [0.25, 0.3) is 5.91 Å². The zero-order valence-corrected chi connectivity index (χ0v) is 19.9. The van der Waals surface area contributed by atoms with E-state index in [9.17, 15) is 9.18 Å². The number of hydrogen-bond acceptors (Lipinski definition) is 9. The van der Waals surface area contributed by atoms with Crippen molar-refractivity contribution in [1.29, 1.82) is 5.41 Å². The smallest absolute Gasteiger partial charge is 0.256 e. The molecule has 0 aliphatic rings. The third kappa shape index (κ3) is 5.61. The van der Waals surface area contributed by atoms with E-state index in [-0.39, 0.29) is 28.3 Å². The van der Waals surface area contributed by atoms with Gasteiger partial charge in [0.15, 0.2) is 5.82 Å². The fourth-order valence-corrected chi connectivity index (χ4v) is 2.98. The highest BCUT2D eigenvalue weighted by Gasteiger charge is 2.19. The number of allylic oxidation sites excluding steroid dienone is 1. The molecule has 0 aliphatic carbocycles. The van der Waals surface area contributed by atoms with Gasteiger partial charge in [-0.15, -0.1) is 0 Å². The van der Waals surface area contributed by atoms with Crippen LogP contribution in [0.25, 0.3) is 11.0 Å². The maximum Gasteiger partial charge on any atom is 0.256 e. The molecule has 34 heavy (non-hydrogen) atoms. The van der Waals surface area contributed by atoms with Crippen molar-refractivity contribution < 1.29 is 13.9 Å². The second-order valence-corrected chi connectivity index (χ2v) is 8.67. The van der Waals surface area contributed by atoms with Gasteiger partial charge < -0.3 is 20.3 Å². The number of anilines is 3. The largest absolute Gasteiger partial charge is 0.500 e. The third-order valence-electron chi connectivity index (χ3n) is 4.73. The number of carbonyl (C=O) groups is 1. The topological polar surface area (TPSA) is 129 Å². The van der Waals surface area contributed by atoms with Crippen molar-refractivity contribution in [3.63, 3.8) is 0 Å². The number of fused-ring (bicyclic) bond motifs is 1. The normalized spacial score (nSPS) is 11.8. The van der Waals surface area contributed by atoms with Crippen LogP contribution in [0.1, 0.15) is 31.1 Å². The lowest BCUT2D eigenvalue weighted by Crippen LogP contribution is -2.29. The second kappa shape index (κ2) is 9.77. The standard InChI is InChI=1S/C23H27FN8O2/c1-23(2,3)17(34-6)10-18(25)30-21(33)13-7-8-14(24)15(9-13)29-20-19-16(27-12-28-20)11-26-22(31-19)32(4)5/h7-12H,1-6H3,(H2,25,30,33)(H,27,28,29)/b17-10-. The maximum absolute atomic E-state index is 14.6. The van der Waals surface area contributed by atoms with Crippen LogP contribution in [0.2, 0.25) is 0 Å². The van der Waals surface area contributed by atoms with Crippen LogP contribution in [0.5, 0.6) is 0 Å². The zero-order valence-electron chi connectivity index (χ0n) is 19.9. The molecule has 3 aromatic rings. The molecule has 1 amide bonds. The van der Waals surface area contributed by atoms with Crippen LogP contribution >= 0.6 is 0 Å². The first-order valence-corrected chi connectivity index (χ1v) is 10.4. The number of methoxy groups -OCH3 is 1. The summed E-state index contributed by atoms with van der Waals surface area (Å²) in [5.74, 6) is -0.0685. The number of carbonyl (C=O) groups excluding carboxylic acids is 1. The van der Waals surface area contributed by atoms with Gasteiger partial charge in [-0.3, -0.25) is 10.2 Å². The summed E-state index contributed by atoms with van der Waals surface area (Å²) in [5, 5.41) is 13.5. The number of amides is 1. The molecular formula is C23H27FN8O2. The SMILES string of the molecule is CO/C(=C\C(=N)NC(=O)c1ccc(F)c(Nc2ncnc3cnc(N(C)C)nc23)c1)C(C)(C)C. The first-order valence-electron chi connectivity index (χ1n) is 10.4. The summed E-state index contributed by atoms with van der Waals surface area (Å²) in [6.45, 7) is 5.79. The summed E-state index contributed by atoms with van der Waals surface area (Å²) in [7, 11) is 5.10. The van der Waals surface area contributed by atoms with Crippen LogP contribution in [0.3, 0.4) is 0 Å². The molecule has 11 heteroatoms. The monoisotopic (exact) mass is 466 g/mol. The Kier molecular flexibility index (Phi) is 7.04.